The minimum Gasteiger partial charge on any atom is -0.385 e. The van der Waals surface area contributed by atoms with Gasteiger partial charge >= 0.3 is 0 Å². The van der Waals surface area contributed by atoms with Crippen LogP contribution in [0, 0.1) is 0 Å². The van der Waals surface area contributed by atoms with Crippen LogP contribution >= 0.6 is 0 Å². The second kappa shape index (κ2) is 6.06. The van der Waals surface area contributed by atoms with Crippen LogP contribution in [0.4, 0.5) is 5.69 Å². The number of hydrogen-bond acceptors (Lipinski definition) is 3. The van der Waals surface area contributed by atoms with Gasteiger partial charge < -0.3 is 15.5 Å². The molecule has 0 aromatic heterocycles. The van der Waals surface area contributed by atoms with Gasteiger partial charge in [-0.05, 0) is 39.1 Å². The molecule has 1 heterocycles. The average Bonchev–Trinajstić information content (AvgIpc) is 2.36. The van der Waals surface area contributed by atoms with Gasteiger partial charge in [0.15, 0.2) is 0 Å². The van der Waals surface area contributed by atoms with Crippen molar-refractivity contribution in [3.63, 3.8) is 0 Å². The minimum absolute atomic E-state index is 0.0259. The number of rotatable bonds is 4. The molecule has 0 spiro atoms. The van der Waals surface area contributed by atoms with Crippen LogP contribution in [0.2, 0.25) is 0 Å². The summed E-state index contributed by atoms with van der Waals surface area (Å²) in [6.45, 7) is 3.76. The molecule has 104 valence electrons. The van der Waals surface area contributed by atoms with E-state index in [1.165, 1.54) is 0 Å². The molecule has 0 fully saturated rings. The fraction of sp³-hybridized carbons (Fsp3) is 0.533. The number of fused-ring (bicyclic) bond motifs is 1. The van der Waals surface area contributed by atoms with E-state index in [2.05, 4.69) is 15.5 Å². The molecule has 0 saturated heterocycles. The van der Waals surface area contributed by atoms with Gasteiger partial charge in [0.25, 0.3) is 0 Å². The highest BCUT2D eigenvalue weighted by Crippen LogP contribution is 2.31. The molecule has 0 radical (unpaired) electrons. The number of nitrogens with one attached hydrogen (secondary N) is 2. The first-order valence-electron chi connectivity index (χ1n) is 6.86. The molecular weight excluding hydrogens is 238 g/mol. The van der Waals surface area contributed by atoms with Crippen LogP contribution in [0.25, 0.3) is 0 Å². The Hall–Kier alpha value is -1.55. The number of hydrogen-bond donors (Lipinski definition) is 2. The van der Waals surface area contributed by atoms with Crippen molar-refractivity contribution in [2.24, 2.45) is 0 Å². The monoisotopic (exact) mass is 261 g/mol. The third-order valence-corrected chi connectivity index (χ3v) is 3.43. The molecule has 4 heteroatoms. The summed E-state index contributed by atoms with van der Waals surface area (Å²) in [6.07, 6.45) is 0.859. The Morgan fingerprint density at radius 2 is 2.21 bits per heavy atom. The first-order valence-corrected chi connectivity index (χ1v) is 6.86. The Bertz CT molecular complexity index is 445. The van der Waals surface area contributed by atoms with E-state index in [9.17, 15) is 4.79 Å². The molecule has 2 rings (SSSR count). The van der Waals surface area contributed by atoms with Crippen molar-refractivity contribution in [1.82, 2.24) is 10.2 Å². The smallest absolute Gasteiger partial charge is 0.227 e. The molecule has 2 unspecified atom stereocenters. The van der Waals surface area contributed by atoms with Gasteiger partial charge in [-0.1, -0.05) is 18.2 Å². The van der Waals surface area contributed by atoms with E-state index in [-0.39, 0.29) is 17.9 Å². The molecule has 2 atom stereocenters. The summed E-state index contributed by atoms with van der Waals surface area (Å²) < 4.78 is 0. The van der Waals surface area contributed by atoms with Gasteiger partial charge in [0.05, 0.1) is 5.92 Å². The van der Waals surface area contributed by atoms with Crippen molar-refractivity contribution < 1.29 is 4.79 Å². The van der Waals surface area contributed by atoms with Crippen molar-refractivity contribution in [3.05, 3.63) is 29.8 Å². The molecule has 4 nitrogen and oxygen atoms in total. The zero-order valence-electron chi connectivity index (χ0n) is 11.9. The predicted octanol–water partition coefficient (Wildman–Crippen LogP) is 1.65. The SMILES string of the molecule is CC(CN(C)C)NC(=O)C1CCNc2ccccc21. The lowest BCUT2D eigenvalue weighted by Gasteiger charge is -2.27. The van der Waals surface area contributed by atoms with Crippen LogP contribution in [0.15, 0.2) is 24.3 Å². The highest BCUT2D eigenvalue weighted by atomic mass is 16.1. The highest BCUT2D eigenvalue weighted by molar-refractivity contribution is 5.86. The fourth-order valence-electron chi connectivity index (χ4n) is 2.68. The van der Waals surface area contributed by atoms with Crippen molar-refractivity contribution in [3.8, 4) is 0 Å². The molecule has 1 aliphatic rings. The molecule has 1 aromatic carbocycles. The first kappa shape index (κ1) is 13.9. The lowest BCUT2D eigenvalue weighted by atomic mass is 9.90. The van der Waals surface area contributed by atoms with E-state index in [1.54, 1.807) is 0 Å². The number of nitrogens with zero attached hydrogens (tertiary/aromatic N) is 1. The number of carbonyl (C=O) groups excluding carboxylic acids is 1. The number of amides is 1. The van der Waals surface area contributed by atoms with Crippen LogP contribution in [0.5, 0.6) is 0 Å². The van der Waals surface area contributed by atoms with E-state index in [0.29, 0.717) is 0 Å². The predicted molar refractivity (Wildman–Crippen MR) is 78.4 cm³/mol. The number of carbonyl (C=O) groups is 1. The van der Waals surface area contributed by atoms with Crippen LogP contribution in [-0.2, 0) is 4.79 Å². The molecule has 0 aliphatic carbocycles. The molecule has 0 saturated carbocycles. The quantitative estimate of drug-likeness (QED) is 0.866. The molecule has 1 aliphatic heterocycles. The average molecular weight is 261 g/mol. The van der Waals surface area contributed by atoms with Crippen LogP contribution in [0.1, 0.15) is 24.8 Å². The molecule has 1 aromatic rings. The summed E-state index contributed by atoms with van der Waals surface area (Å²) in [6, 6.07) is 8.25. The topological polar surface area (TPSA) is 44.4 Å². The molecule has 1 amide bonds. The maximum Gasteiger partial charge on any atom is 0.227 e. The number of para-hydroxylation sites is 1. The van der Waals surface area contributed by atoms with E-state index in [1.807, 2.05) is 45.3 Å². The second-order valence-corrected chi connectivity index (χ2v) is 5.53. The summed E-state index contributed by atoms with van der Waals surface area (Å²) in [5, 5.41) is 6.46. The van der Waals surface area contributed by atoms with Crippen molar-refractivity contribution >= 4 is 11.6 Å². The lowest BCUT2D eigenvalue weighted by molar-refractivity contribution is -0.123. The Labute approximate surface area is 115 Å². The summed E-state index contributed by atoms with van der Waals surface area (Å²) >= 11 is 0. The van der Waals surface area contributed by atoms with Gasteiger partial charge in [-0.3, -0.25) is 4.79 Å². The molecule has 0 bridgehead atoms. The Balaban J connectivity index is 2.04. The van der Waals surface area contributed by atoms with Crippen LogP contribution in [0.3, 0.4) is 0 Å². The van der Waals surface area contributed by atoms with E-state index in [4.69, 9.17) is 0 Å². The molecule has 2 N–H and O–H groups in total. The van der Waals surface area contributed by atoms with Gasteiger partial charge in [0, 0.05) is 24.8 Å². The minimum atomic E-state index is -0.0259. The normalized spacial score (nSPS) is 19.5. The zero-order chi connectivity index (χ0) is 13.8. The fourth-order valence-corrected chi connectivity index (χ4v) is 2.68. The number of benzene rings is 1. The third-order valence-electron chi connectivity index (χ3n) is 3.43. The van der Waals surface area contributed by atoms with Gasteiger partial charge in [0.1, 0.15) is 0 Å². The van der Waals surface area contributed by atoms with E-state index in [0.717, 1.165) is 30.8 Å². The first-order chi connectivity index (χ1) is 9.08. The van der Waals surface area contributed by atoms with Gasteiger partial charge in [-0.15, -0.1) is 0 Å². The van der Waals surface area contributed by atoms with Gasteiger partial charge in [-0.2, -0.15) is 0 Å². The summed E-state index contributed by atoms with van der Waals surface area (Å²) in [5.41, 5.74) is 2.21. The van der Waals surface area contributed by atoms with Crippen LogP contribution < -0.4 is 10.6 Å². The summed E-state index contributed by atoms with van der Waals surface area (Å²) in [7, 11) is 4.03. The van der Waals surface area contributed by atoms with E-state index >= 15 is 0 Å². The Kier molecular flexibility index (Phi) is 4.43. The van der Waals surface area contributed by atoms with E-state index < -0.39 is 0 Å². The van der Waals surface area contributed by atoms with Crippen molar-refractivity contribution in [2.75, 3.05) is 32.5 Å². The second-order valence-electron chi connectivity index (χ2n) is 5.53. The third kappa shape index (κ3) is 3.47. The van der Waals surface area contributed by atoms with Crippen molar-refractivity contribution in [2.45, 2.75) is 25.3 Å². The van der Waals surface area contributed by atoms with Gasteiger partial charge in [-0.25, -0.2) is 0 Å². The Morgan fingerprint density at radius 3 is 2.95 bits per heavy atom. The number of anilines is 1. The lowest BCUT2D eigenvalue weighted by Crippen LogP contribution is -2.42. The van der Waals surface area contributed by atoms with Gasteiger partial charge in [0.2, 0.25) is 5.91 Å². The summed E-state index contributed by atoms with van der Waals surface area (Å²) in [4.78, 5) is 14.5. The zero-order valence-corrected chi connectivity index (χ0v) is 11.9. The Morgan fingerprint density at radius 1 is 1.47 bits per heavy atom. The largest absolute Gasteiger partial charge is 0.385 e. The van der Waals surface area contributed by atoms with Crippen LogP contribution in [-0.4, -0.2) is 44.0 Å². The summed E-state index contributed by atoms with van der Waals surface area (Å²) in [5.74, 6) is 0.116. The molecule has 19 heavy (non-hydrogen) atoms. The number of likely N-dealkylation sites (N-methyl/N-ethyl adjacent to an activating group) is 1. The standard InChI is InChI=1S/C15H23N3O/c1-11(10-18(2)3)17-15(19)13-8-9-16-14-7-5-4-6-12(13)14/h4-7,11,13,16H,8-10H2,1-3H3,(H,17,19). The maximum absolute atomic E-state index is 12.4. The molecular formula is C15H23N3O. The highest BCUT2D eigenvalue weighted by Gasteiger charge is 2.26. The van der Waals surface area contributed by atoms with Crippen molar-refractivity contribution in [1.29, 1.82) is 0 Å². The maximum atomic E-state index is 12.4.